The number of rotatable bonds is 6. The molecule has 4 heteroatoms. The van der Waals surface area contributed by atoms with Crippen LogP contribution < -0.4 is 5.32 Å². The summed E-state index contributed by atoms with van der Waals surface area (Å²) in [7, 11) is 0. The SMILES string of the molecule is CCCNc1nc(C2CCCC2)nc(CC(C)C)c1Br. The third-order valence-corrected chi connectivity index (χ3v) is 4.63. The Morgan fingerprint density at radius 3 is 2.55 bits per heavy atom. The minimum atomic E-state index is 0.566. The van der Waals surface area contributed by atoms with Gasteiger partial charge in [-0.1, -0.05) is 33.6 Å². The van der Waals surface area contributed by atoms with Crippen molar-refractivity contribution in [1.29, 1.82) is 0 Å². The highest BCUT2D eigenvalue weighted by Crippen LogP contribution is 2.35. The van der Waals surface area contributed by atoms with Crippen LogP contribution in [-0.4, -0.2) is 16.5 Å². The van der Waals surface area contributed by atoms with Crippen LogP contribution in [0.4, 0.5) is 5.82 Å². The largest absolute Gasteiger partial charge is 0.369 e. The lowest BCUT2D eigenvalue weighted by atomic mass is 10.1. The van der Waals surface area contributed by atoms with E-state index in [1.807, 2.05) is 0 Å². The van der Waals surface area contributed by atoms with Gasteiger partial charge in [0.05, 0.1) is 10.2 Å². The first-order chi connectivity index (χ1) is 9.61. The van der Waals surface area contributed by atoms with Crippen LogP contribution in [-0.2, 0) is 6.42 Å². The van der Waals surface area contributed by atoms with Crippen LogP contribution in [0.1, 0.15) is 70.3 Å². The van der Waals surface area contributed by atoms with Gasteiger partial charge in [-0.15, -0.1) is 0 Å². The van der Waals surface area contributed by atoms with Gasteiger partial charge in [-0.2, -0.15) is 0 Å². The third-order valence-electron chi connectivity index (χ3n) is 3.80. The number of anilines is 1. The second-order valence-corrected chi connectivity index (χ2v) is 6.99. The Morgan fingerprint density at radius 2 is 1.95 bits per heavy atom. The van der Waals surface area contributed by atoms with Gasteiger partial charge in [0.25, 0.3) is 0 Å². The molecular weight excluding hydrogens is 314 g/mol. The highest BCUT2D eigenvalue weighted by Gasteiger charge is 2.22. The quantitative estimate of drug-likeness (QED) is 0.799. The maximum absolute atomic E-state index is 4.87. The predicted octanol–water partition coefficient (Wildman–Crippen LogP) is 4.92. The first kappa shape index (κ1) is 15.7. The fourth-order valence-electron chi connectivity index (χ4n) is 2.76. The summed E-state index contributed by atoms with van der Waals surface area (Å²) in [5, 5.41) is 3.44. The van der Waals surface area contributed by atoms with Gasteiger partial charge in [0.1, 0.15) is 11.6 Å². The monoisotopic (exact) mass is 339 g/mol. The molecule has 1 aliphatic rings. The molecule has 0 amide bonds. The van der Waals surface area contributed by atoms with Crippen LogP contribution in [0.2, 0.25) is 0 Å². The standard InChI is InChI=1S/C16H26BrN3/c1-4-9-18-16-14(17)13(10-11(2)3)19-15(20-16)12-7-5-6-8-12/h11-12H,4-10H2,1-3H3,(H,18,19,20). The van der Waals surface area contributed by atoms with Crippen LogP contribution in [0.3, 0.4) is 0 Å². The molecule has 20 heavy (non-hydrogen) atoms. The Labute approximate surface area is 131 Å². The molecule has 0 aliphatic heterocycles. The van der Waals surface area contributed by atoms with E-state index < -0.39 is 0 Å². The molecule has 0 unspecified atom stereocenters. The second-order valence-electron chi connectivity index (χ2n) is 6.20. The van der Waals surface area contributed by atoms with Crippen LogP contribution in [0.25, 0.3) is 0 Å². The Morgan fingerprint density at radius 1 is 1.25 bits per heavy atom. The Kier molecular flexibility index (Phi) is 5.82. The molecule has 112 valence electrons. The van der Waals surface area contributed by atoms with Crippen molar-refractivity contribution in [2.24, 2.45) is 5.92 Å². The summed E-state index contributed by atoms with van der Waals surface area (Å²) >= 11 is 3.70. The molecule has 0 saturated heterocycles. The highest BCUT2D eigenvalue weighted by molar-refractivity contribution is 9.10. The van der Waals surface area contributed by atoms with E-state index in [4.69, 9.17) is 9.97 Å². The molecule has 1 heterocycles. The lowest BCUT2D eigenvalue weighted by Gasteiger charge is -2.16. The van der Waals surface area contributed by atoms with Crippen LogP contribution in [0.15, 0.2) is 4.47 Å². The average molecular weight is 340 g/mol. The van der Waals surface area contributed by atoms with Gasteiger partial charge < -0.3 is 5.32 Å². The number of nitrogens with one attached hydrogen (secondary N) is 1. The zero-order valence-electron chi connectivity index (χ0n) is 12.9. The zero-order chi connectivity index (χ0) is 14.5. The Balaban J connectivity index is 2.30. The van der Waals surface area contributed by atoms with Gasteiger partial charge in [0, 0.05) is 12.5 Å². The molecule has 1 saturated carbocycles. The molecule has 3 nitrogen and oxygen atoms in total. The summed E-state index contributed by atoms with van der Waals surface area (Å²) < 4.78 is 1.06. The van der Waals surface area contributed by atoms with Crippen molar-refractivity contribution in [3.05, 3.63) is 16.0 Å². The average Bonchev–Trinajstić information content (AvgIpc) is 2.93. The van der Waals surface area contributed by atoms with Gasteiger partial charge in [0.2, 0.25) is 0 Å². The minimum absolute atomic E-state index is 0.566. The summed E-state index contributed by atoms with van der Waals surface area (Å²) in [6, 6.07) is 0. The molecule has 1 aromatic heterocycles. The second kappa shape index (κ2) is 7.39. The third kappa shape index (κ3) is 3.94. The lowest BCUT2D eigenvalue weighted by Crippen LogP contribution is -2.12. The van der Waals surface area contributed by atoms with E-state index in [1.54, 1.807) is 0 Å². The number of aromatic nitrogens is 2. The van der Waals surface area contributed by atoms with E-state index >= 15 is 0 Å². The first-order valence-corrected chi connectivity index (χ1v) is 8.71. The van der Waals surface area contributed by atoms with Gasteiger partial charge in [-0.25, -0.2) is 9.97 Å². The van der Waals surface area contributed by atoms with Crippen LogP contribution in [0.5, 0.6) is 0 Å². The van der Waals surface area contributed by atoms with E-state index in [2.05, 4.69) is 42.0 Å². The van der Waals surface area contributed by atoms with Crippen molar-refractivity contribution in [3.63, 3.8) is 0 Å². The maximum atomic E-state index is 4.87. The summed E-state index contributed by atoms with van der Waals surface area (Å²) in [5.41, 5.74) is 1.16. The predicted molar refractivity (Wildman–Crippen MR) is 88.3 cm³/mol. The van der Waals surface area contributed by atoms with Crippen LogP contribution >= 0.6 is 15.9 Å². The lowest BCUT2D eigenvalue weighted by molar-refractivity contribution is 0.611. The summed E-state index contributed by atoms with van der Waals surface area (Å²) in [6.45, 7) is 7.61. The fraction of sp³-hybridized carbons (Fsp3) is 0.750. The van der Waals surface area contributed by atoms with Crippen molar-refractivity contribution >= 4 is 21.7 Å². The Bertz CT molecular complexity index is 440. The number of hydrogen-bond acceptors (Lipinski definition) is 3. The molecule has 0 aromatic carbocycles. The van der Waals surface area contributed by atoms with Gasteiger partial charge in [-0.3, -0.25) is 0 Å². The van der Waals surface area contributed by atoms with Gasteiger partial charge in [0.15, 0.2) is 0 Å². The van der Waals surface area contributed by atoms with Crippen molar-refractivity contribution in [3.8, 4) is 0 Å². The first-order valence-electron chi connectivity index (χ1n) is 7.92. The summed E-state index contributed by atoms with van der Waals surface area (Å²) in [5.74, 6) is 3.21. The van der Waals surface area contributed by atoms with E-state index in [0.29, 0.717) is 11.8 Å². The molecule has 1 aliphatic carbocycles. The molecule has 0 spiro atoms. The van der Waals surface area contributed by atoms with Crippen molar-refractivity contribution < 1.29 is 0 Å². The highest BCUT2D eigenvalue weighted by atomic mass is 79.9. The van der Waals surface area contributed by atoms with E-state index in [0.717, 1.165) is 41.2 Å². The Hall–Kier alpha value is -0.640. The minimum Gasteiger partial charge on any atom is -0.369 e. The molecule has 2 rings (SSSR count). The molecule has 0 atom stereocenters. The molecule has 1 N–H and O–H groups in total. The maximum Gasteiger partial charge on any atom is 0.144 e. The van der Waals surface area contributed by atoms with Crippen molar-refractivity contribution in [2.45, 2.75) is 65.2 Å². The normalized spacial score (nSPS) is 16.1. The molecule has 0 bridgehead atoms. The smallest absolute Gasteiger partial charge is 0.144 e. The van der Waals surface area contributed by atoms with E-state index in [-0.39, 0.29) is 0 Å². The topological polar surface area (TPSA) is 37.8 Å². The van der Waals surface area contributed by atoms with E-state index in [9.17, 15) is 0 Å². The number of halogens is 1. The molecule has 1 aromatic rings. The number of hydrogen-bond donors (Lipinski definition) is 1. The van der Waals surface area contributed by atoms with E-state index in [1.165, 1.54) is 25.7 Å². The van der Waals surface area contributed by atoms with Gasteiger partial charge >= 0.3 is 0 Å². The van der Waals surface area contributed by atoms with Gasteiger partial charge in [-0.05, 0) is 47.5 Å². The molecular formula is C16H26BrN3. The van der Waals surface area contributed by atoms with Crippen molar-refractivity contribution in [2.75, 3.05) is 11.9 Å². The number of nitrogens with zero attached hydrogens (tertiary/aromatic N) is 2. The molecule has 0 radical (unpaired) electrons. The van der Waals surface area contributed by atoms with Crippen molar-refractivity contribution in [1.82, 2.24) is 9.97 Å². The molecule has 1 fully saturated rings. The summed E-state index contributed by atoms with van der Waals surface area (Å²) in [6.07, 6.45) is 7.24. The summed E-state index contributed by atoms with van der Waals surface area (Å²) in [4.78, 5) is 9.66. The van der Waals surface area contributed by atoms with Crippen LogP contribution in [0, 0.1) is 5.92 Å². The zero-order valence-corrected chi connectivity index (χ0v) is 14.5. The fourth-order valence-corrected chi connectivity index (χ4v) is 3.24.